The minimum atomic E-state index is -4.41. The molecule has 0 aromatic rings. The van der Waals surface area contributed by atoms with E-state index in [9.17, 15) is 22.9 Å². The molecule has 28 heavy (non-hydrogen) atoms. The van der Waals surface area contributed by atoms with Gasteiger partial charge in [0, 0.05) is 5.97 Å². The predicted octanol–water partition coefficient (Wildman–Crippen LogP) is -2.13. The third-order valence-electron chi connectivity index (χ3n) is 3.85. The molecule has 0 aromatic heterocycles. The summed E-state index contributed by atoms with van der Waals surface area (Å²) in [5.74, 6) is -0.914. The van der Waals surface area contributed by atoms with Crippen LogP contribution in [0.5, 0.6) is 0 Å². The molecule has 0 heterocycles. The molecule has 0 aliphatic rings. The third kappa shape index (κ3) is 41.4. The Balaban J connectivity index is -0.000000312. The Kier molecular flexibility index (Phi) is 36.6. The first-order chi connectivity index (χ1) is 12.3. The number of carbonyl (C=O) groups is 1. The fraction of sp³-hybridized carbons (Fsp3) is 0.842. The smallest absolute Gasteiger partial charge is 0.726 e. The second-order valence-corrected chi connectivity index (χ2v) is 7.43. The van der Waals surface area contributed by atoms with Gasteiger partial charge in [0.25, 0.3) is 0 Å². The molecule has 6 nitrogen and oxygen atoms in total. The Morgan fingerprint density at radius 3 is 1.54 bits per heavy atom. The molecular formula is C19H36Na2O6S. The minimum absolute atomic E-state index is 0. The van der Waals surface area contributed by atoms with Gasteiger partial charge in [-0.3, -0.25) is 4.18 Å². The standard InChI is InChI=1S/C18H34O2.CH4O4S.2Na/c1-2-3-4-5-6-7-8-9-10-11-12-13-14-15-16-17-18(19)20;1-5-6(2,3)4;;/h9-10H,2-8,11-17H2,1H3,(H,19,20);1H3,(H,2,3,4);;/q;;2*+1/p-2/b10-9-;;;. The van der Waals surface area contributed by atoms with Crippen molar-refractivity contribution >= 4 is 16.4 Å². The van der Waals surface area contributed by atoms with Gasteiger partial charge in [0.15, 0.2) is 0 Å². The van der Waals surface area contributed by atoms with Crippen LogP contribution < -0.4 is 64.2 Å². The van der Waals surface area contributed by atoms with Crippen LogP contribution in [0.3, 0.4) is 0 Å². The van der Waals surface area contributed by atoms with Crippen molar-refractivity contribution in [3.8, 4) is 0 Å². The van der Waals surface area contributed by atoms with Crippen molar-refractivity contribution in [3.05, 3.63) is 12.2 Å². The van der Waals surface area contributed by atoms with E-state index in [1.54, 1.807) is 0 Å². The van der Waals surface area contributed by atoms with Crippen LogP contribution in [0.15, 0.2) is 12.2 Å². The van der Waals surface area contributed by atoms with Crippen molar-refractivity contribution in [1.82, 2.24) is 0 Å². The van der Waals surface area contributed by atoms with Crippen molar-refractivity contribution < 1.29 is 86.2 Å². The van der Waals surface area contributed by atoms with Crippen molar-refractivity contribution in [2.45, 2.75) is 96.8 Å². The van der Waals surface area contributed by atoms with Crippen LogP contribution in [-0.2, 0) is 19.4 Å². The van der Waals surface area contributed by atoms with Crippen molar-refractivity contribution in [2.24, 2.45) is 0 Å². The fourth-order valence-electron chi connectivity index (χ4n) is 2.34. The molecular weight excluding hydrogens is 402 g/mol. The maximum Gasteiger partial charge on any atom is 1.00 e. The second kappa shape index (κ2) is 28.1. The average Bonchev–Trinajstić information content (AvgIpc) is 2.58. The molecule has 0 radical (unpaired) electrons. The summed E-state index contributed by atoms with van der Waals surface area (Å²) in [5, 5.41) is 10.2. The summed E-state index contributed by atoms with van der Waals surface area (Å²) < 4.78 is 31.0. The Bertz CT molecular complexity index is 442. The molecule has 0 unspecified atom stereocenters. The van der Waals surface area contributed by atoms with Crippen molar-refractivity contribution in [2.75, 3.05) is 7.11 Å². The summed E-state index contributed by atoms with van der Waals surface area (Å²) in [6, 6.07) is 0. The zero-order valence-electron chi connectivity index (χ0n) is 18.4. The third-order valence-corrected chi connectivity index (χ3v) is 4.26. The van der Waals surface area contributed by atoms with E-state index in [1.165, 1.54) is 64.2 Å². The van der Waals surface area contributed by atoms with E-state index in [2.05, 4.69) is 23.3 Å². The molecule has 0 saturated heterocycles. The number of carboxylic acid groups (broad SMARTS) is 1. The molecule has 0 aromatic carbocycles. The number of hydrogen-bond donors (Lipinski definition) is 0. The largest absolute Gasteiger partial charge is 1.00 e. The van der Waals surface area contributed by atoms with Gasteiger partial charge in [-0.05, 0) is 38.5 Å². The maximum atomic E-state index is 10.2. The van der Waals surface area contributed by atoms with Crippen LogP contribution in [0, 0.1) is 0 Å². The van der Waals surface area contributed by atoms with Gasteiger partial charge in [0.1, 0.15) is 0 Å². The Labute approximate surface area is 216 Å². The number of aliphatic carboxylic acids is 1. The van der Waals surface area contributed by atoms with Gasteiger partial charge in [0.05, 0.1) is 7.11 Å². The van der Waals surface area contributed by atoms with E-state index in [1.807, 2.05) is 0 Å². The molecule has 0 spiro atoms. The molecule has 156 valence electrons. The number of unbranched alkanes of at least 4 members (excludes halogenated alkanes) is 11. The molecule has 0 aliphatic heterocycles. The molecule has 9 heteroatoms. The first-order valence-corrected chi connectivity index (χ1v) is 11.0. The van der Waals surface area contributed by atoms with Crippen LogP contribution in [0.4, 0.5) is 0 Å². The molecule has 0 atom stereocenters. The van der Waals surface area contributed by atoms with Gasteiger partial charge in [-0.25, -0.2) is 8.42 Å². The monoisotopic (exact) mass is 438 g/mol. The number of carboxylic acids is 1. The molecule has 0 bridgehead atoms. The molecule has 0 saturated carbocycles. The van der Waals surface area contributed by atoms with Gasteiger partial charge in [0.2, 0.25) is 10.4 Å². The molecule has 0 amide bonds. The Morgan fingerprint density at radius 1 is 0.821 bits per heavy atom. The summed E-state index contributed by atoms with van der Waals surface area (Å²) in [6.07, 6.45) is 20.9. The van der Waals surface area contributed by atoms with Crippen LogP contribution in [-0.4, -0.2) is 26.0 Å². The van der Waals surface area contributed by atoms with Gasteiger partial charge in [-0.15, -0.1) is 0 Å². The first kappa shape index (κ1) is 36.5. The van der Waals surface area contributed by atoms with Crippen molar-refractivity contribution in [1.29, 1.82) is 0 Å². The molecule has 0 N–H and O–H groups in total. The number of allylic oxidation sites excluding steroid dienone is 2. The van der Waals surface area contributed by atoms with E-state index < -0.39 is 16.4 Å². The second-order valence-electron chi connectivity index (χ2n) is 6.28. The van der Waals surface area contributed by atoms with Gasteiger partial charge >= 0.3 is 59.1 Å². The van der Waals surface area contributed by atoms with Crippen molar-refractivity contribution in [3.63, 3.8) is 0 Å². The first-order valence-electron chi connectivity index (χ1n) is 9.69. The van der Waals surface area contributed by atoms with Gasteiger partial charge in [-0.1, -0.05) is 70.4 Å². The summed E-state index contributed by atoms with van der Waals surface area (Å²) in [5.41, 5.74) is 0. The predicted molar refractivity (Wildman–Crippen MR) is 101 cm³/mol. The topological polar surface area (TPSA) is 107 Å². The van der Waals surface area contributed by atoms with E-state index in [4.69, 9.17) is 0 Å². The average molecular weight is 439 g/mol. The summed E-state index contributed by atoms with van der Waals surface area (Å²) in [6.45, 7) is 2.26. The van der Waals surface area contributed by atoms with Gasteiger partial charge < -0.3 is 14.5 Å². The Morgan fingerprint density at radius 2 is 1.18 bits per heavy atom. The normalized spacial score (nSPS) is 10.5. The zero-order chi connectivity index (χ0) is 20.1. The van der Waals surface area contributed by atoms with E-state index >= 15 is 0 Å². The van der Waals surface area contributed by atoms with E-state index in [-0.39, 0.29) is 65.5 Å². The number of rotatable bonds is 16. The fourth-order valence-corrected chi connectivity index (χ4v) is 2.34. The minimum Gasteiger partial charge on any atom is -0.726 e. The van der Waals surface area contributed by atoms with E-state index in [0.717, 1.165) is 26.4 Å². The summed E-state index contributed by atoms with van der Waals surface area (Å²) >= 11 is 0. The van der Waals surface area contributed by atoms with Crippen LogP contribution in [0.1, 0.15) is 96.8 Å². The summed E-state index contributed by atoms with van der Waals surface area (Å²) in [7, 11) is -3.60. The zero-order valence-corrected chi connectivity index (χ0v) is 23.2. The number of hydrogen-bond acceptors (Lipinski definition) is 6. The SMILES string of the molecule is CCCCCCCC/C=C\CCCCCCCC(=O)[O-].COS(=O)(=O)[O-].[Na+].[Na+]. The maximum absolute atomic E-state index is 10.2. The Hall–Kier alpha value is 1.08. The summed E-state index contributed by atoms with van der Waals surface area (Å²) in [4.78, 5) is 10.2. The quantitative estimate of drug-likeness (QED) is 0.0896. The molecule has 0 fully saturated rings. The molecule has 0 rings (SSSR count). The molecule has 0 aliphatic carbocycles. The number of carbonyl (C=O) groups excluding carboxylic acids is 1. The van der Waals surface area contributed by atoms with Crippen LogP contribution >= 0.6 is 0 Å². The van der Waals surface area contributed by atoms with E-state index in [0.29, 0.717) is 0 Å². The van der Waals surface area contributed by atoms with Crippen LogP contribution in [0.2, 0.25) is 0 Å². The van der Waals surface area contributed by atoms with Gasteiger partial charge in [-0.2, -0.15) is 0 Å². The van der Waals surface area contributed by atoms with Crippen LogP contribution in [0.25, 0.3) is 0 Å².